The molecule has 0 fully saturated rings. The van der Waals surface area contributed by atoms with Gasteiger partial charge in [0.05, 0.1) is 5.92 Å². The Kier molecular flexibility index (Phi) is 10.5. The number of aromatic amines is 1. The lowest BCUT2D eigenvalue weighted by Gasteiger charge is -2.27. The molecule has 0 spiro atoms. The van der Waals surface area contributed by atoms with Crippen LogP contribution in [0, 0.1) is 15.8 Å². The Morgan fingerprint density at radius 2 is 1.90 bits per heavy atom. The number of ether oxygens (including phenoxy) is 1. The molecule has 0 saturated heterocycles. The van der Waals surface area contributed by atoms with Crippen molar-refractivity contribution in [3.8, 4) is 0 Å². The Hall–Kier alpha value is -2.59. The second-order valence-corrected chi connectivity index (χ2v) is 9.84. The van der Waals surface area contributed by atoms with Gasteiger partial charge in [-0.25, -0.2) is 4.79 Å². The van der Waals surface area contributed by atoms with E-state index in [1.807, 2.05) is 44.2 Å². The number of nitrogens with two attached hydrogens (primary N) is 1. The first kappa shape index (κ1) is 26.4. The maximum absolute atomic E-state index is 12.4. The van der Waals surface area contributed by atoms with Gasteiger partial charge >= 0.3 is 5.97 Å². The fourth-order valence-electron chi connectivity index (χ4n) is 2.44. The molecule has 10 heteroatoms. The number of esters is 1. The van der Waals surface area contributed by atoms with Crippen LogP contribution in [0.15, 0.2) is 30.3 Å². The zero-order valence-electron chi connectivity index (χ0n) is 18.4. The summed E-state index contributed by atoms with van der Waals surface area (Å²) in [6, 6.07) is 8.51. The SMILES string of the molecule is CC(C)C(NC(=O)C(C=O)Cc1ccccc1)C(=O)OC(C)(C)C.Nc1n[nH]c(=S)s1. The van der Waals surface area contributed by atoms with Crippen molar-refractivity contribution >= 4 is 46.8 Å². The van der Waals surface area contributed by atoms with E-state index in [0.717, 1.165) is 5.56 Å². The lowest BCUT2D eigenvalue weighted by Crippen LogP contribution is -2.49. The minimum Gasteiger partial charge on any atom is -0.458 e. The first-order valence-corrected chi connectivity index (χ1v) is 11.0. The van der Waals surface area contributed by atoms with Gasteiger partial charge in [-0.05, 0) is 50.9 Å². The number of anilines is 1. The third kappa shape index (κ3) is 10.3. The number of nitrogens with one attached hydrogen (secondary N) is 2. The largest absolute Gasteiger partial charge is 0.458 e. The van der Waals surface area contributed by atoms with Gasteiger partial charge in [0.15, 0.2) is 3.95 Å². The Balaban J connectivity index is 0.000000577. The third-order valence-electron chi connectivity index (χ3n) is 3.88. The predicted octanol–water partition coefficient (Wildman–Crippen LogP) is 3.31. The van der Waals surface area contributed by atoms with E-state index < -0.39 is 29.4 Å². The quantitative estimate of drug-likeness (QED) is 0.247. The topological polar surface area (TPSA) is 127 Å². The number of rotatable bonds is 7. The number of nitrogens with zero attached hydrogens (tertiary/aromatic N) is 1. The van der Waals surface area contributed by atoms with Crippen LogP contribution in [0.2, 0.25) is 0 Å². The molecule has 8 nitrogen and oxygen atoms in total. The number of H-pyrrole nitrogens is 1. The Bertz CT molecular complexity index is 904. The number of aromatic nitrogens is 2. The van der Waals surface area contributed by atoms with Gasteiger partial charge in [-0.3, -0.25) is 9.89 Å². The van der Waals surface area contributed by atoms with Crippen molar-refractivity contribution in [1.82, 2.24) is 15.5 Å². The normalized spacial score (nSPS) is 12.8. The molecular formula is C21H30N4O4S2. The number of hydrogen-bond acceptors (Lipinski definition) is 8. The molecule has 0 aliphatic carbocycles. The van der Waals surface area contributed by atoms with Crippen molar-refractivity contribution < 1.29 is 19.1 Å². The molecule has 2 rings (SSSR count). The monoisotopic (exact) mass is 466 g/mol. The Labute approximate surface area is 191 Å². The molecule has 0 radical (unpaired) electrons. The summed E-state index contributed by atoms with van der Waals surface area (Å²) in [5.41, 5.74) is 5.44. The van der Waals surface area contributed by atoms with Gasteiger partial charge < -0.3 is 20.6 Å². The summed E-state index contributed by atoms with van der Waals surface area (Å²) in [7, 11) is 0. The first-order chi connectivity index (χ1) is 14.4. The molecule has 2 atom stereocenters. The second kappa shape index (κ2) is 12.3. The first-order valence-electron chi connectivity index (χ1n) is 9.76. The van der Waals surface area contributed by atoms with Crippen molar-refractivity contribution in [2.75, 3.05) is 5.73 Å². The number of nitrogen functional groups attached to an aromatic ring is 1. The predicted molar refractivity (Wildman–Crippen MR) is 124 cm³/mol. The molecular weight excluding hydrogens is 436 g/mol. The number of benzene rings is 1. The molecule has 1 aromatic heterocycles. The third-order valence-corrected chi connectivity index (χ3v) is 4.80. The van der Waals surface area contributed by atoms with Crippen LogP contribution in [-0.4, -0.2) is 40.0 Å². The summed E-state index contributed by atoms with van der Waals surface area (Å²) in [5.74, 6) is -1.93. The van der Waals surface area contributed by atoms with Gasteiger partial charge in [-0.2, -0.15) is 0 Å². The van der Waals surface area contributed by atoms with Crippen LogP contribution in [0.5, 0.6) is 0 Å². The van der Waals surface area contributed by atoms with E-state index in [4.69, 9.17) is 10.5 Å². The van der Waals surface area contributed by atoms with Crippen LogP contribution in [-0.2, 0) is 25.5 Å². The number of hydrogen-bond donors (Lipinski definition) is 3. The number of amides is 1. The van der Waals surface area contributed by atoms with Crippen LogP contribution in [0.3, 0.4) is 0 Å². The lowest BCUT2D eigenvalue weighted by molar-refractivity contribution is -0.160. The Morgan fingerprint density at radius 1 is 1.29 bits per heavy atom. The van der Waals surface area contributed by atoms with Crippen LogP contribution in [0.1, 0.15) is 40.2 Å². The summed E-state index contributed by atoms with van der Waals surface area (Å²) in [6.07, 6.45) is 0.921. The van der Waals surface area contributed by atoms with Gasteiger partial charge in [0.2, 0.25) is 11.0 Å². The fraction of sp³-hybridized carbons (Fsp3) is 0.476. The van der Waals surface area contributed by atoms with Crippen molar-refractivity contribution in [2.24, 2.45) is 11.8 Å². The molecule has 4 N–H and O–H groups in total. The van der Waals surface area contributed by atoms with E-state index in [1.165, 1.54) is 11.3 Å². The molecule has 0 aliphatic heterocycles. The van der Waals surface area contributed by atoms with Crippen LogP contribution < -0.4 is 11.1 Å². The molecule has 1 amide bonds. The summed E-state index contributed by atoms with van der Waals surface area (Å²) >= 11 is 5.92. The van der Waals surface area contributed by atoms with E-state index in [1.54, 1.807) is 20.8 Å². The van der Waals surface area contributed by atoms with Gasteiger partial charge in [-0.1, -0.05) is 55.5 Å². The van der Waals surface area contributed by atoms with Crippen molar-refractivity contribution in [3.05, 3.63) is 39.8 Å². The summed E-state index contributed by atoms with van der Waals surface area (Å²) < 4.78 is 5.97. The molecule has 0 saturated carbocycles. The maximum Gasteiger partial charge on any atom is 0.329 e. The van der Waals surface area contributed by atoms with Crippen molar-refractivity contribution in [2.45, 2.75) is 52.7 Å². The highest BCUT2D eigenvalue weighted by Gasteiger charge is 2.31. The van der Waals surface area contributed by atoms with E-state index in [2.05, 4.69) is 27.7 Å². The van der Waals surface area contributed by atoms with E-state index in [-0.39, 0.29) is 5.92 Å². The molecule has 2 unspecified atom stereocenters. The number of carbonyl (C=O) groups excluding carboxylic acids is 3. The number of carbonyl (C=O) groups is 3. The summed E-state index contributed by atoms with van der Waals surface area (Å²) in [5, 5.41) is 9.27. The highest BCUT2D eigenvalue weighted by molar-refractivity contribution is 7.73. The van der Waals surface area contributed by atoms with Crippen molar-refractivity contribution in [3.63, 3.8) is 0 Å². The van der Waals surface area contributed by atoms with Crippen molar-refractivity contribution in [1.29, 1.82) is 0 Å². The van der Waals surface area contributed by atoms with Gasteiger partial charge in [-0.15, -0.1) is 5.10 Å². The summed E-state index contributed by atoms with van der Waals surface area (Å²) in [4.78, 5) is 36.0. The van der Waals surface area contributed by atoms with Crippen LogP contribution >= 0.6 is 23.6 Å². The smallest absolute Gasteiger partial charge is 0.329 e. The highest BCUT2D eigenvalue weighted by Crippen LogP contribution is 2.14. The zero-order chi connectivity index (χ0) is 23.6. The zero-order valence-corrected chi connectivity index (χ0v) is 20.0. The van der Waals surface area contributed by atoms with Crippen LogP contribution in [0.25, 0.3) is 0 Å². The number of aldehydes is 1. The average molecular weight is 467 g/mol. The van der Waals surface area contributed by atoms with Gasteiger partial charge in [0, 0.05) is 0 Å². The second-order valence-electron chi connectivity index (χ2n) is 8.15. The van der Waals surface area contributed by atoms with Gasteiger partial charge in [0.25, 0.3) is 0 Å². The Morgan fingerprint density at radius 3 is 2.29 bits per heavy atom. The van der Waals surface area contributed by atoms with E-state index >= 15 is 0 Å². The van der Waals surface area contributed by atoms with E-state index in [0.29, 0.717) is 21.8 Å². The minimum absolute atomic E-state index is 0.146. The van der Waals surface area contributed by atoms with Crippen LogP contribution in [0.4, 0.5) is 5.13 Å². The highest BCUT2D eigenvalue weighted by atomic mass is 32.1. The lowest BCUT2D eigenvalue weighted by atomic mass is 9.98. The molecule has 1 heterocycles. The van der Waals surface area contributed by atoms with Gasteiger partial charge in [0.1, 0.15) is 17.9 Å². The molecule has 170 valence electrons. The molecule has 0 aliphatic rings. The average Bonchev–Trinajstić information content (AvgIpc) is 3.06. The summed E-state index contributed by atoms with van der Waals surface area (Å²) in [6.45, 7) is 8.96. The molecule has 1 aromatic carbocycles. The molecule has 0 bridgehead atoms. The maximum atomic E-state index is 12.4. The molecule has 31 heavy (non-hydrogen) atoms. The van der Waals surface area contributed by atoms with E-state index in [9.17, 15) is 14.4 Å². The standard InChI is InChI=1S/C19H27NO4.C2H3N3S2/c1-13(2)16(18(23)24-19(3,4)5)20-17(22)15(12-21)11-14-9-7-6-8-10-14;3-1-4-5-2(6)7-1/h6-10,12-13,15-16H,11H2,1-5H3,(H,20,22);(H2,3,4)(H,5,6). The molecule has 2 aromatic rings. The fourth-order valence-corrected chi connectivity index (χ4v) is 3.11. The minimum atomic E-state index is -0.837.